The largest absolute Gasteiger partial charge is 0.472 e. The fraction of sp³-hybridized carbons (Fsp3) is 0.243. The molecular formula is C37H29Cl2FN2O6. The summed E-state index contributed by atoms with van der Waals surface area (Å²) < 4.78 is 38.5. The molecule has 0 spiro atoms. The van der Waals surface area contributed by atoms with E-state index in [1.165, 1.54) is 18.1 Å². The topological polar surface area (TPSA) is 81.5 Å². The van der Waals surface area contributed by atoms with Crippen LogP contribution in [0.5, 0.6) is 5.75 Å². The Bertz CT molecular complexity index is 2080. The number of carbonyl (C=O) groups excluding carboxylic acids is 2. The number of halogens is 3. The van der Waals surface area contributed by atoms with E-state index in [2.05, 4.69) is 4.90 Å². The van der Waals surface area contributed by atoms with Gasteiger partial charge in [-0.05, 0) is 48.7 Å². The lowest BCUT2D eigenvalue weighted by atomic mass is 9.96. The third-order valence-corrected chi connectivity index (χ3v) is 10.1. The van der Waals surface area contributed by atoms with E-state index < -0.39 is 17.7 Å². The van der Waals surface area contributed by atoms with Gasteiger partial charge in [0.1, 0.15) is 17.1 Å². The molecule has 0 radical (unpaired) electrons. The van der Waals surface area contributed by atoms with Crippen molar-refractivity contribution < 1.29 is 32.6 Å². The summed E-state index contributed by atoms with van der Waals surface area (Å²) in [5, 5.41) is 1.33. The second-order valence-electron chi connectivity index (χ2n) is 12.2. The van der Waals surface area contributed by atoms with Crippen molar-refractivity contribution in [3.63, 3.8) is 0 Å². The van der Waals surface area contributed by atoms with Crippen molar-refractivity contribution >= 4 is 51.7 Å². The zero-order chi connectivity index (χ0) is 33.1. The first-order valence-electron chi connectivity index (χ1n) is 15.6. The number of esters is 1. The number of carbonyl (C=O) groups is 2. The van der Waals surface area contributed by atoms with Crippen LogP contribution in [-0.4, -0.2) is 55.9 Å². The Kier molecular flexibility index (Phi) is 7.78. The number of ether oxygens (including phenoxy) is 3. The Morgan fingerprint density at radius 2 is 1.65 bits per heavy atom. The Balaban J connectivity index is 1.11. The number of para-hydroxylation sites is 2. The van der Waals surface area contributed by atoms with Gasteiger partial charge in [0.25, 0.3) is 5.91 Å². The van der Waals surface area contributed by atoms with Gasteiger partial charge in [0.05, 0.1) is 72.1 Å². The highest BCUT2D eigenvalue weighted by atomic mass is 35.5. The minimum absolute atomic E-state index is 0.0810. The molecule has 8 rings (SSSR count). The summed E-state index contributed by atoms with van der Waals surface area (Å²) in [5.41, 5.74) is 4.64. The average molecular weight is 688 g/mol. The second-order valence-corrected chi connectivity index (χ2v) is 13.0. The van der Waals surface area contributed by atoms with Crippen molar-refractivity contribution in [3.05, 3.63) is 106 Å². The summed E-state index contributed by atoms with van der Waals surface area (Å²) in [6.07, 6.45) is 3.46. The minimum Gasteiger partial charge on any atom is -0.472 e. The SMILES string of the molecule is COC(=O)c1cc(F)c(-c2cccc3c2OCN(C(=O)c2c(Cl)cc(-c4cccc5ccoc45)cc2Cl)C3)cc1N1C2CCC1COC2. The zero-order valence-electron chi connectivity index (χ0n) is 25.8. The number of nitrogens with zero attached hydrogens (tertiary/aromatic N) is 2. The Morgan fingerprint density at radius 3 is 2.40 bits per heavy atom. The van der Waals surface area contributed by atoms with Crippen molar-refractivity contribution in [1.82, 2.24) is 4.90 Å². The maximum absolute atomic E-state index is 15.9. The fourth-order valence-electron chi connectivity index (χ4n) is 7.20. The molecule has 5 aromatic rings. The van der Waals surface area contributed by atoms with E-state index in [-0.39, 0.29) is 52.1 Å². The first-order chi connectivity index (χ1) is 23.3. The van der Waals surface area contributed by atoms with Gasteiger partial charge in [-0.2, -0.15) is 0 Å². The number of fused-ring (bicyclic) bond motifs is 4. The number of rotatable bonds is 5. The van der Waals surface area contributed by atoms with Crippen LogP contribution < -0.4 is 9.64 Å². The molecule has 0 aliphatic carbocycles. The summed E-state index contributed by atoms with van der Waals surface area (Å²) >= 11 is 13.4. The van der Waals surface area contributed by atoms with E-state index in [9.17, 15) is 9.59 Å². The molecule has 1 amide bonds. The third-order valence-electron chi connectivity index (χ3n) is 9.46. The summed E-state index contributed by atoms with van der Waals surface area (Å²) in [4.78, 5) is 30.3. The molecular weight excluding hydrogens is 658 g/mol. The molecule has 1 aromatic heterocycles. The minimum atomic E-state index is -0.606. The molecule has 2 saturated heterocycles. The number of hydrogen-bond donors (Lipinski definition) is 0. The summed E-state index contributed by atoms with van der Waals surface area (Å²) in [5.74, 6) is -1.13. The van der Waals surface area contributed by atoms with Gasteiger partial charge >= 0.3 is 5.97 Å². The van der Waals surface area contributed by atoms with E-state index >= 15 is 4.39 Å². The first kappa shape index (κ1) is 30.7. The highest BCUT2D eigenvalue weighted by molar-refractivity contribution is 6.40. The molecule has 48 heavy (non-hydrogen) atoms. The van der Waals surface area contributed by atoms with Gasteiger partial charge in [0.15, 0.2) is 6.73 Å². The Labute approximate surface area is 285 Å². The van der Waals surface area contributed by atoms with Gasteiger partial charge in [-0.25, -0.2) is 9.18 Å². The number of methoxy groups -OCH3 is 1. The van der Waals surface area contributed by atoms with Crippen LogP contribution in [0.2, 0.25) is 10.0 Å². The maximum Gasteiger partial charge on any atom is 0.340 e. The molecule has 2 atom stereocenters. The number of anilines is 1. The maximum atomic E-state index is 15.9. The normalized spacial score (nSPS) is 18.5. The van der Waals surface area contributed by atoms with Crippen LogP contribution in [0.3, 0.4) is 0 Å². The third kappa shape index (κ3) is 5.08. The Morgan fingerprint density at radius 1 is 0.917 bits per heavy atom. The van der Waals surface area contributed by atoms with Gasteiger partial charge in [0, 0.05) is 27.6 Å². The molecule has 4 aromatic carbocycles. The average Bonchev–Trinajstić information content (AvgIpc) is 3.67. The molecule has 8 nitrogen and oxygen atoms in total. The second kappa shape index (κ2) is 12.1. The van der Waals surface area contributed by atoms with Crippen molar-refractivity contribution in [2.24, 2.45) is 0 Å². The van der Waals surface area contributed by atoms with Crippen molar-refractivity contribution in [1.29, 1.82) is 0 Å². The van der Waals surface area contributed by atoms with Crippen LogP contribution in [0, 0.1) is 5.82 Å². The van der Waals surface area contributed by atoms with E-state index in [4.69, 9.17) is 41.8 Å². The van der Waals surface area contributed by atoms with E-state index in [1.54, 1.807) is 36.6 Å². The van der Waals surface area contributed by atoms with Crippen molar-refractivity contribution in [2.75, 3.05) is 32.0 Å². The van der Waals surface area contributed by atoms with Gasteiger partial charge in [-0.3, -0.25) is 4.79 Å². The molecule has 244 valence electrons. The lowest BCUT2D eigenvalue weighted by molar-refractivity contribution is 0.0515. The first-order valence-corrected chi connectivity index (χ1v) is 16.4. The standard InChI is InChI=1S/C37H29Cl2FN2O6/c1-45-37(44)28-14-31(40)27(15-32(28)42-23-8-9-24(42)18-46-17-23)26-7-3-5-21-16-41(19-48-35(21)26)36(43)33-29(38)12-22(13-30(33)39)25-6-2-4-20-10-11-47-34(20)25/h2-7,10-15,23-24H,8-9,16-19H2,1H3. The smallest absolute Gasteiger partial charge is 0.340 e. The molecule has 3 aliphatic rings. The zero-order valence-corrected chi connectivity index (χ0v) is 27.3. The molecule has 3 aliphatic heterocycles. The van der Waals surface area contributed by atoms with Crippen LogP contribution >= 0.6 is 23.2 Å². The van der Waals surface area contributed by atoms with Gasteiger partial charge < -0.3 is 28.4 Å². The number of benzene rings is 4. The van der Waals surface area contributed by atoms with Gasteiger partial charge in [-0.1, -0.05) is 59.6 Å². The lowest BCUT2D eigenvalue weighted by Gasteiger charge is -2.37. The van der Waals surface area contributed by atoms with Crippen LogP contribution in [0.25, 0.3) is 33.2 Å². The van der Waals surface area contributed by atoms with E-state index in [1.807, 2.05) is 30.3 Å². The van der Waals surface area contributed by atoms with Crippen molar-refractivity contribution in [3.8, 4) is 28.0 Å². The molecule has 11 heteroatoms. The summed E-state index contributed by atoms with van der Waals surface area (Å²) in [7, 11) is 1.29. The van der Waals surface area contributed by atoms with Crippen molar-refractivity contribution in [2.45, 2.75) is 31.5 Å². The predicted octanol–water partition coefficient (Wildman–Crippen LogP) is 8.36. The Hall–Kier alpha value is -4.57. The number of hydrogen-bond acceptors (Lipinski definition) is 7. The monoisotopic (exact) mass is 686 g/mol. The van der Waals surface area contributed by atoms with Crippen LogP contribution in [0.15, 0.2) is 77.4 Å². The molecule has 0 saturated carbocycles. The molecule has 2 unspecified atom stereocenters. The fourth-order valence-corrected chi connectivity index (χ4v) is 7.85. The van der Waals surface area contributed by atoms with E-state index in [0.29, 0.717) is 41.4 Å². The number of amides is 1. The molecule has 4 heterocycles. The highest BCUT2D eigenvalue weighted by Crippen LogP contribution is 2.44. The van der Waals surface area contributed by atoms with E-state index in [0.717, 1.165) is 29.4 Å². The molecule has 2 fully saturated rings. The molecule has 2 bridgehead atoms. The number of furan rings is 1. The quantitative estimate of drug-likeness (QED) is 0.172. The predicted molar refractivity (Wildman–Crippen MR) is 180 cm³/mol. The van der Waals surface area contributed by atoms with Gasteiger partial charge in [0.2, 0.25) is 0 Å². The summed E-state index contributed by atoms with van der Waals surface area (Å²) in [6, 6.07) is 19.6. The van der Waals surface area contributed by atoms with Gasteiger partial charge in [-0.15, -0.1) is 0 Å². The highest BCUT2D eigenvalue weighted by Gasteiger charge is 2.40. The van der Waals surface area contributed by atoms with Crippen LogP contribution in [0.4, 0.5) is 10.1 Å². The van der Waals surface area contributed by atoms with Crippen LogP contribution in [-0.2, 0) is 16.0 Å². The lowest BCUT2D eigenvalue weighted by Crippen LogP contribution is -2.46. The summed E-state index contributed by atoms with van der Waals surface area (Å²) in [6.45, 7) is 1.15. The van der Waals surface area contributed by atoms with Crippen LogP contribution in [0.1, 0.15) is 39.1 Å². The number of morpholine rings is 1. The molecule has 0 N–H and O–H groups in total.